The average molecular weight is 707 g/mol. The minimum Gasteiger partial charge on any atom is -0.451 e. The summed E-state index contributed by atoms with van der Waals surface area (Å²) in [5.41, 5.74) is -4.08. The summed E-state index contributed by atoms with van der Waals surface area (Å²) >= 11 is 43.5. The number of imide groups is 2. The first-order chi connectivity index (χ1) is 19.1. The Bertz CT molecular complexity index is 1820. The molecule has 2 aliphatic rings. The number of amides is 4. The van der Waals surface area contributed by atoms with Gasteiger partial charge in [0.1, 0.15) is 20.8 Å². The van der Waals surface area contributed by atoms with E-state index in [-0.39, 0.29) is 16.0 Å². The van der Waals surface area contributed by atoms with Gasteiger partial charge in [0.25, 0.3) is 23.6 Å². The molecular formula is C24H6Cl7F3N2O5. The van der Waals surface area contributed by atoms with Gasteiger partial charge in [-0.15, -0.1) is 0 Å². The SMILES string of the molecule is Cc1c(F)c(Cl)c(F)c(N2C(=O)c3c(Cl)c(Cl)c(Oc4c(Cl)c(Cl)c5c(c4Cl)C(=O)N(C)C5=O)c(Cl)c3C2=O)c1F. The van der Waals surface area contributed by atoms with Gasteiger partial charge in [-0.25, -0.2) is 18.1 Å². The van der Waals surface area contributed by atoms with Crippen molar-refractivity contribution in [1.82, 2.24) is 4.90 Å². The third kappa shape index (κ3) is 3.96. The second-order valence-corrected chi connectivity index (χ2v) is 11.1. The average Bonchev–Trinajstić information content (AvgIpc) is 3.32. The van der Waals surface area contributed by atoms with Gasteiger partial charge in [-0.1, -0.05) is 81.2 Å². The fourth-order valence-electron chi connectivity index (χ4n) is 4.24. The van der Waals surface area contributed by atoms with Crippen LogP contribution in [0.5, 0.6) is 11.5 Å². The van der Waals surface area contributed by atoms with Crippen LogP contribution in [0, 0.1) is 24.4 Å². The lowest BCUT2D eigenvalue weighted by Crippen LogP contribution is -2.32. The molecule has 0 spiro atoms. The number of anilines is 1. The van der Waals surface area contributed by atoms with E-state index < -0.39 is 110 Å². The van der Waals surface area contributed by atoms with Crippen molar-refractivity contribution >= 4 is 111 Å². The van der Waals surface area contributed by atoms with Crippen molar-refractivity contribution in [3.05, 3.63) is 80.4 Å². The minimum atomic E-state index is -1.74. The van der Waals surface area contributed by atoms with Gasteiger partial charge in [0.05, 0.1) is 42.3 Å². The third-order valence-corrected chi connectivity index (χ3v) is 9.04. The van der Waals surface area contributed by atoms with Gasteiger partial charge in [-0.05, 0) is 6.92 Å². The number of hydrogen-bond donors (Lipinski definition) is 0. The molecular weight excluding hydrogens is 701 g/mol. The van der Waals surface area contributed by atoms with E-state index in [2.05, 4.69) is 0 Å². The van der Waals surface area contributed by atoms with Crippen LogP contribution in [0.1, 0.15) is 47.0 Å². The van der Waals surface area contributed by atoms with Crippen molar-refractivity contribution in [2.24, 2.45) is 0 Å². The number of fused-ring (bicyclic) bond motifs is 2. The molecule has 3 aromatic carbocycles. The molecule has 0 unspecified atom stereocenters. The maximum absolute atomic E-state index is 15.0. The van der Waals surface area contributed by atoms with Gasteiger partial charge in [0.15, 0.2) is 29.0 Å². The fraction of sp³-hybridized carbons (Fsp3) is 0.0833. The summed E-state index contributed by atoms with van der Waals surface area (Å²) in [5, 5.41) is -4.44. The van der Waals surface area contributed by atoms with Crippen molar-refractivity contribution in [1.29, 1.82) is 0 Å². The molecule has 0 aromatic heterocycles. The highest BCUT2D eigenvalue weighted by molar-refractivity contribution is 6.53. The highest BCUT2D eigenvalue weighted by atomic mass is 35.5. The highest BCUT2D eigenvalue weighted by Gasteiger charge is 2.47. The lowest BCUT2D eigenvalue weighted by molar-refractivity contribution is 0.0692. The van der Waals surface area contributed by atoms with E-state index in [1.54, 1.807) is 0 Å². The minimum absolute atomic E-state index is 0.0257. The monoisotopic (exact) mass is 704 g/mol. The maximum atomic E-state index is 15.0. The zero-order chi connectivity index (χ0) is 30.6. The quantitative estimate of drug-likeness (QED) is 0.154. The second kappa shape index (κ2) is 10.1. The molecule has 7 nitrogen and oxygen atoms in total. The Morgan fingerprint density at radius 2 is 0.927 bits per heavy atom. The molecule has 0 radical (unpaired) electrons. The molecule has 0 saturated carbocycles. The van der Waals surface area contributed by atoms with Crippen molar-refractivity contribution in [3.8, 4) is 11.5 Å². The molecule has 4 amide bonds. The number of hydrogen-bond acceptors (Lipinski definition) is 5. The largest absolute Gasteiger partial charge is 0.451 e. The summed E-state index contributed by atoms with van der Waals surface area (Å²) in [6.07, 6.45) is 0. The van der Waals surface area contributed by atoms with E-state index in [0.717, 1.165) is 11.8 Å². The number of carbonyl (C=O) groups excluding carboxylic acids is 4. The Labute approximate surface area is 262 Å². The van der Waals surface area contributed by atoms with E-state index in [1.165, 1.54) is 7.05 Å². The van der Waals surface area contributed by atoms with Crippen LogP contribution in [0.15, 0.2) is 0 Å². The van der Waals surface area contributed by atoms with Crippen molar-refractivity contribution in [3.63, 3.8) is 0 Å². The Balaban J connectivity index is 1.71. The Hall–Kier alpha value is -2.44. The molecule has 17 heteroatoms. The summed E-state index contributed by atoms with van der Waals surface area (Å²) in [6, 6.07) is 0. The zero-order valence-corrected chi connectivity index (χ0v) is 25.0. The molecule has 0 saturated heterocycles. The lowest BCUT2D eigenvalue weighted by Gasteiger charge is -2.18. The van der Waals surface area contributed by atoms with E-state index in [0.29, 0.717) is 0 Å². The first kappa shape index (κ1) is 30.0. The number of ether oxygens (including phenoxy) is 1. The topological polar surface area (TPSA) is 84.0 Å². The van der Waals surface area contributed by atoms with E-state index in [9.17, 15) is 32.3 Å². The van der Waals surface area contributed by atoms with Crippen LogP contribution in [0.25, 0.3) is 0 Å². The molecule has 0 N–H and O–H groups in total. The van der Waals surface area contributed by atoms with Crippen LogP contribution in [0.2, 0.25) is 35.2 Å². The van der Waals surface area contributed by atoms with E-state index >= 15 is 0 Å². The predicted molar refractivity (Wildman–Crippen MR) is 147 cm³/mol. The number of benzene rings is 3. The summed E-state index contributed by atoms with van der Waals surface area (Å²) in [5.74, 6) is -10.3. The molecule has 3 aromatic rings. The molecule has 0 bridgehead atoms. The van der Waals surface area contributed by atoms with Crippen LogP contribution in [0.3, 0.4) is 0 Å². The van der Waals surface area contributed by atoms with Crippen molar-refractivity contribution in [2.75, 3.05) is 11.9 Å². The van der Waals surface area contributed by atoms with Gasteiger partial charge in [0.2, 0.25) is 0 Å². The summed E-state index contributed by atoms with van der Waals surface area (Å²) in [7, 11) is 1.18. The number of halogens is 10. The van der Waals surface area contributed by atoms with Gasteiger partial charge >= 0.3 is 0 Å². The Morgan fingerprint density at radius 3 is 1.39 bits per heavy atom. The summed E-state index contributed by atoms with van der Waals surface area (Å²) in [4.78, 5) is 52.5. The predicted octanol–water partition coefficient (Wildman–Crippen LogP) is 8.80. The maximum Gasteiger partial charge on any atom is 0.268 e. The Morgan fingerprint density at radius 1 is 0.537 bits per heavy atom. The third-order valence-electron chi connectivity index (χ3n) is 6.32. The van der Waals surface area contributed by atoms with E-state index in [4.69, 9.17) is 85.9 Å². The van der Waals surface area contributed by atoms with Gasteiger partial charge < -0.3 is 4.74 Å². The van der Waals surface area contributed by atoms with E-state index in [1.807, 2.05) is 0 Å². The molecule has 212 valence electrons. The number of carbonyl (C=O) groups is 4. The van der Waals surface area contributed by atoms with Crippen LogP contribution in [0.4, 0.5) is 18.9 Å². The first-order valence-corrected chi connectivity index (χ1v) is 13.3. The van der Waals surface area contributed by atoms with Crippen molar-refractivity contribution < 1.29 is 37.1 Å². The first-order valence-electron chi connectivity index (χ1n) is 10.7. The van der Waals surface area contributed by atoms with Gasteiger partial charge in [-0.3, -0.25) is 24.1 Å². The zero-order valence-electron chi connectivity index (χ0n) is 19.7. The molecule has 5 rings (SSSR count). The molecule has 0 fully saturated rings. The molecule has 41 heavy (non-hydrogen) atoms. The normalized spacial score (nSPS) is 14.4. The Kier molecular flexibility index (Phi) is 7.39. The van der Waals surface area contributed by atoms with Crippen molar-refractivity contribution in [2.45, 2.75) is 6.92 Å². The number of nitrogens with zero attached hydrogens (tertiary/aromatic N) is 2. The molecule has 0 atom stereocenters. The van der Waals surface area contributed by atoms with Crippen LogP contribution in [-0.4, -0.2) is 35.6 Å². The molecule has 2 aliphatic heterocycles. The number of rotatable bonds is 3. The van der Waals surface area contributed by atoms with Crippen LogP contribution in [-0.2, 0) is 0 Å². The van der Waals surface area contributed by atoms with Crippen LogP contribution < -0.4 is 9.64 Å². The standard InChI is InChI=1S/C24H6Cl7F3N2O5/c1-3-15(32)14(31)17(34)18(16(3)33)36-23(39)5-7(24(36)40)11(28)20(13(30)9(5)26)41-19-10(27)6-4(8(25)12(19)29)21(37)35(2)22(6)38/h1-2H3. The smallest absolute Gasteiger partial charge is 0.268 e. The molecule has 2 heterocycles. The second-order valence-electron chi connectivity index (χ2n) is 8.49. The lowest BCUT2D eigenvalue weighted by atomic mass is 10.1. The molecule has 0 aliphatic carbocycles. The van der Waals surface area contributed by atoms with Crippen LogP contribution >= 0.6 is 81.2 Å². The summed E-state index contributed by atoms with van der Waals surface area (Å²) < 4.78 is 49.7. The fourth-order valence-corrected chi connectivity index (χ4v) is 6.16. The van der Waals surface area contributed by atoms with Gasteiger partial charge in [0, 0.05) is 12.6 Å². The van der Waals surface area contributed by atoms with Gasteiger partial charge in [-0.2, -0.15) is 0 Å². The summed E-state index contributed by atoms with van der Waals surface area (Å²) in [6.45, 7) is 0.908. The highest BCUT2D eigenvalue weighted by Crippen LogP contribution is 2.53.